The Labute approximate surface area is 165 Å². The summed E-state index contributed by atoms with van der Waals surface area (Å²) in [5.41, 5.74) is 1.88. The van der Waals surface area contributed by atoms with Gasteiger partial charge in [0.05, 0.1) is 5.39 Å². The van der Waals surface area contributed by atoms with Gasteiger partial charge in [0.1, 0.15) is 22.6 Å². The summed E-state index contributed by atoms with van der Waals surface area (Å²) >= 11 is 3.48. The molecule has 0 atom stereocenters. The van der Waals surface area contributed by atoms with Crippen molar-refractivity contribution in [3.05, 3.63) is 41.0 Å². The largest absolute Gasteiger partial charge is 0.369 e. The van der Waals surface area contributed by atoms with Crippen LogP contribution >= 0.6 is 15.9 Å². The smallest absolute Gasteiger partial charge is 0.164 e. The molecule has 0 aliphatic carbocycles. The fourth-order valence-corrected chi connectivity index (χ4v) is 3.99. The van der Waals surface area contributed by atoms with Gasteiger partial charge in [-0.2, -0.15) is 5.10 Å². The zero-order valence-corrected chi connectivity index (χ0v) is 16.7. The van der Waals surface area contributed by atoms with E-state index in [9.17, 15) is 4.39 Å². The quantitative estimate of drug-likeness (QED) is 0.666. The second-order valence-corrected chi connectivity index (χ2v) is 7.32. The number of anilines is 2. The van der Waals surface area contributed by atoms with Gasteiger partial charge in [0, 0.05) is 52.0 Å². The average Bonchev–Trinajstić information content (AvgIpc) is 2.98. The van der Waals surface area contributed by atoms with E-state index in [1.807, 2.05) is 19.2 Å². The highest BCUT2D eigenvalue weighted by Crippen LogP contribution is 2.26. The number of aryl methyl sites for hydroxylation is 1. The molecule has 1 saturated heterocycles. The zero-order valence-electron chi connectivity index (χ0n) is 15.1. The monoisotopic (exact) mass is 433 g/mol. The van der Waals surface area contributed by atoms with Crippen LogP contribution in [0.5, 0.6) is 0 Å². The van der Waals surface area contributed by atoms with Gasteiger partial charge >= 0.3 is 0 Å². The third-order valence-electron chi connectivity index (χ3n) is 4.86. The van der Waals surface area contributed by atoms with Crippen LogP contribution in [0, 0.1) is 5.82 Å². The lowest BCUT2D eigenvalue weighted by Crippen LogP contribution is -2.47. The molecular weight excluding hydrogens is 413 g/mol. The lowest BCUT2D eigenvalue weighted by Gasteiger charge is -2.36. The minimum absolute atomic E-state index is 0.192. The Balaban J connectivity index is 1.30. The van der Waals surface area contributed by atoms with Crippen LogP contribution in [0.25, 0.3) is 11.0 Å². The normalized spacial score (nSPS) is 15.4. The summed E-state index contributed by atoms with van der Waals surface area (Å²) in [6.07, 6.45) is 1.56. The summed E-state index contributed by atoms with van der Waals surface area (Å²) in [4.78, 5) is 13.4. The van der Waals surface area contributed by atoms with Gasteiger partial charge in [0.25, 0.3) is 0 Å². The third kappa shape index (κ3) is 3.89. The summed E-state index contributed by atoms with van der Waals surface area (Å²) in [7, 11) is 1.87. The SMILES string of the molecule is Cn1nc(Br)c2c(NCCN3CCN(c4ccc(F)cc4)CC3)ncnc21. The highest BCUT2D eigenvalue weighted by atomic mass is 79.9. The first-order valence-electron chi connectivity index (χ1n) is 8.92. The van der Waals surface area contributed by atoms with E-state index in [1.165, 1.54) is 12.1 Å². The number of piperazine rings is 1. The minimum atomic E-state index is -0.192. The van der Waals surface area contributed by atoms with Gasteiger partial charge in [-0.25, -0.2) is 19.0 Å². The summed E-state index contributed by atoms with van der Waals surface area (Å²) in [6.45, 7) is 5.57. The molecule has 7 nitrogen and oxygen atoms in total. The van der Waals surface area contributed by atoms with Crippen molar-refractivity contribution in [3.8, 4) is 0 Å². The zero-order chi connectivity index (χ0) is 18.8. The van der Waals surface area contributed by atoms with Crippen molar-refractivity contribution in [1.82, 2.24) is 24.6 Å². The number of nitrogens with one attached hydrogen (secondary N) is 1. The average molecular weight is 434 g/mol. The summed E-state index contributed by atoms with van der Waals surface area (Å²) in [6, 6.07) is 6.73. The minimum Gasteiger partial charge on any atom is -0.369 e. The Bertz CT molecular complexity index is 919. The van der Waals surface area contributed by atoms with Gasteiger partial charge in [-0.05, 0) is 40.2 Å². The molecule has 1 aromatic carbocycles. The van der Waals surface area contributed by atoms with Crippen molar-refractivity contribution in [2.45, 2.75) is 0 Å². The molecule has 4 rings (SSSR count). The Morgan fingerprint density at radius 1 is 1.11 bits per heavy atom. The van der Waals surface area contributed by atoms with Crippen LogP contribution in [-0.4, -0.2) is 63.9 Å². The van der Waals surface area contributed by atoms with Crippen LogP contribution in [0.15, 0.2) is 35.2 Å². The molecule has 2 aromatic heterocycles. The predicted molar refractivity (Wildman–Crippen MR) is 108 cm³/mol. The number of hydrogen-bond donors (Lipinski definition) is 1. The molecule has 1 N–H and O–H groups in total. The van der Waals surface area contributed by atoms with Crippen LogP contribution in [0.1, 0.15) is 0 Å². The van der Waals surface area contributed by atoms with Crippen molar-refractivity contribution in [1.29, 1.82) is 0 Å². The maximum absolute atomic E-state index is 13.1. The van der Waals surface area contributed by atoms with E-state index in [1.54, 1.807) is 11.0 Å². The van der Waals surface area contributed by atoms with E-state index in [-0.39, 0.29) is 5.82 Å². The maximum Gasteiger partial charge on any atom is 0.164 e. The van der Waals surface area contributed by atoms with Crippen molar-refractivity contribution in [3.63, 3.8) is 0 Å². The Kier molecular flexibility index (Phi) is 5.22. The highest BCUT2D eigenvalue weighted by Gasteiger charge is 2.17. The molecule has 0 radical (unpaired) electrons. The lowest BCUT2D eigenvalue weighted by atomic mass is 10.2. The van der Waals surface area contributed by atoms with E-state index in [4.69, 9.17) is 0 Å². The number of hydrogen-bond acceptors (Lipinski definition) is 6. The van der Waals surface area contributed by atoms with Gasteiger partial charge in [-0.3, -0.25) is 4.90 Å². The van der Waals surface area contributed by atoms with E-state index in [2.05, 4.69) is 46.1 Å². The molecule has 1 aliphatic heterocycles. The van der Waals surface area contributed by atoms with Crippen LogP contribution in [0.3, 0.4) is 0 Å². The standard InChI is InChI=1S/C18H21BrFN7/c1-25-18-15(16(19)24-25)17(22-12-23-18)21-6-7-26-8-10-27(11-9-26)14-4-2-13(20)3-5-14/h2-5,12H,6-11H2,1H3,(H,21,22,23). The second-order valence-electron chi connectivity index (χ2n) is 6.57. The number of nitrogens with zero attached hydrogens (tertiary/aromatic N) is 6. The molecule has 0 spiro atoms. The van der Waals surface area contributed by atoms with E-state index in [0.717, 1.165) is 66.4 Å². The Hall–Kier alpha value is -2.26. The summed E-state index contributed by atoms with van der Waals surface area (Å²) < 4.78 is 15.6. The molecule has 1 aliphatic rings. The van der Waals surface area contributed by atoms with Crippen molar-refractivity contribution in [2.24, 2.45) is 7.05 Å². The number of benzene rings is 1. The van der Waals surface area contributed by atoms with Gasteiger partial charge in [0.2, 0.25) is 0 Å². The van der Waals surface area contributed by atoms with Crippen LogP contribution < -0.4 is 10.2 Å². The van der Waals surface area contributed by atoms with E-state index in [0.29, 0.717) is 0 Å². The number of halogens is 2. The molecule has 3 heterocycles. The molecule has 0 saturated carbocycles. The van der Waals surface area contributed by atoms with Crippen LogP contribution in [0.4, 0.5) is 15.9 Å². The Morgan fingerprint density at radius 2 is 1.85 bits per heavy atom. The fraction of sp³-hybridized carbons (Fsp3) is 0.389. The first-order chi connectivity index (χ1) is 13.1. The second kappa shape index (κ2) is 7.77. The fourth-order valence-electron chi connectivity index (χ4n) is 3.39. The molecule has 3 aromatic rings. The van der Waals surface area contributed by atoms with Crippen molar-refractivity contribution in [2.75, 3.05) is 49.5 Å². The van der Waals surface area contributed by atoms with E-state index >= 15 is 0 Å². The van der Waals surface area contributed by atoms with Crippen LogP contribution in [-0.2, 0) is 7.05 Å². The van der Waals surface area contributed by atoms with Gasteiger partial charge in [0.15, 0.2) is 5.65 Å². The lowest BCUT2D eigenvalue weighted by molar-refractivity contribution is 0.267. The number of fused-ring (bicyclic) bond motifs is 1. The predicted octanol–water partition coefficient (Wildman–Crippen LogP) is 2.50. The van der Waals surface area contributed by atoms with E-state index < -0.39 is 0 Å². The molecule has 142 valence electrons. The molecule has 27 heavy (non-hydrogen) atoms. The van der Waals surface area contributed by atoms with Crippen molar-refractivity contribution < 1.29 is 4.39 Å². The third-order valence-corrected chi connectivity index (χ3v) is 5.42. The number of aromatic nitrogens is 4. The van der Waals surface area contributed by atoms with Gasteiger partial charge in [-0.1, -0.05) is 0 Å². The Morgan fingerprint density at radius 3 is 2.59 bits per heavy atom. The molecular formula is C18H21BrFN7. The topological polar surface area (TPSA) is 62.1 Å². The molecule has 0 amide bonds. The molecule has 9 heteroatoms. The first kappa shape index (κ1) is 18.1. The maximum atomic E-state index is 13.1. The molecule has 1 fully saturated rings. The van der Waals surface area contributed by atoms with Crippen LogP contribution in [0.2, 0.25) is 0 Å². The number of rotatable bonds is 5. The molecule has 0 bridgehead atoms. The first-order valence-corrected chi connectivity index (χ1v) is 9.71. The van der Waals surface area contributed by atoms with Gasteiger partial charge < -0.3 is 10.2 Å². The van der Waals surface area contributed by atoms with Gasteiger partial charge in [-0.15, -0.1) is 0 Å². The van der Waals surface area contributed by atoms with Crippen molar-refractivity contribution >= 4 is 38.5 Å². The summed E-state index contributed by atoms with van der Waals surface area (Å²) in [5.74, 6) is 0.604. The summed E-state index contributed by atoms with van der Waals surface area (Å²) in [5, 5.41) is 8.65. The molecule has 0 unspecified atom stereocenters. The highest BCUT2D eigenvalue weighted by molar-refractivity contribution is 9.10.